The van der Waals surface area contributed by atoms with Gasteiger partial charge in [-0.05, 0) is 38.5 Å². The smallest absolute Gasteiger partial charge is 0.343 e. The third-order valence-electron chi connectivity index (χ3n) is 3.69. The van der Waals surface area contributed by atoms with Crippen molar-refractivity contribution >= 4 is 17.8 Å². The number of benzene rings is 2. The molecule has 0 bridgehead atoms. The molecule has 134 valence electrons. The number of amides is 2. The van der Waals surface area contributed by atoms with Gasteiger partial charge in [0.2, 0.25) is 6.10 Å². The summed E-state index contributed by atoms with van der Waals surface area (Å²) in [4.78, 5) is 43.2. The largest absolute Gasteiger partial charge is 0.458 e. The number of hydrogen-bond donors (Lipinski definition) is 0. The Kier molecular flexibility index (Phi) is 4.61. The maximum Gasteiger partial charge on any atom is 0.343 e. The molecule has 6 nitrogen and oxygen atoms in total. The number of hydrogen-bond acceptors (Lipinski definition) is 5. The molecule has 26 heavy (non-hydrogen) atoms. The van der Waals surface area contributed by atoms with Crippen LogP contribution >= 0.6 is 0 Å². The van der Waals surface area contributed by atoms with Crippen molar-refractivity contribution in [2.45, 2.75) is 32.5 Å². The molecule has 1 heterocycles. The maximum absolute atomic E-state index is 12.6. The van der Waals surface area contributed by atoms with E-state index in [4.69, 9.17) is 9.57 Å². The molecule has 0 aliphatic carbocycles. The third kappa shape index (κ3) is 3.50. The van der Waals surface area contributed by atoms with Gasteiger partial charge in [-0.2, -0.15) is 0 Å². The van der Waals surface area contributed by atoms with E-state index >= 15 is 0 Å². The van der Waals surface area contributed by atoms with Crippen LogP contribution < -0.4 is 0 Å². The van der Waals surface area contributed by atoms with Crippen LogP contribution in [-0.2, 0) is 14.4 Å². The molecule has 6 heteroatoms. The maximum atomic E-state index is 12.6. The summed E-state index contributed by atoms with van der Waals surface area (Å²) >= 11 is 0. The minimum absolute atomic E-state index is 0.244. The second-order valence-corrected chi connectivity index (χ2v) is 6.88. The zero-order valence-electron chi connectivity index (χ0n) is 14.8. The molecule has 0 saturated heterocycles. The van der Waals surface area contributed by atoms with Gasteiger partial charge in [0.25, 0.3) is 11.8 Å². The minimum atomic E-state index is -1.24. The van der Waals surface area contributed by atoms with Gasteiger partial charge < -0.3 is 4.74 Å². The summed E-state index contributed by atoms with van der Waals surface area (Å²) in [6, 6.07) is 15.0. The van der Waals surface area contributed by atoms with Gasteiger partial charge in [-0.25, -0.2) is 9.63 Å². The van der Waals surface area contributed by atoms with Crippen LogP contribution in [0.3, 0.4) is 0 Å². The highest BCUT2D eigenvalue weighted by Crippen LogP contribution is 2.29. The number of hydroxylamine groups is 2. The van der Waals surface area contributed by atoms with E-state index in [9.17, 15) is 14.4 Å². The summed E-state index contributed by atoms with van der Waals surface area (Å²) in [5, 5.41) is 0.631. The average molecular weight is 353 g/mol. The van der Waals surface area contributed by atoms with E-state index in [-0.39, 0.29) is 11.1 Å². The molecule has 0 saturated carbocycles. The summed E-state index contributed by atoms with van der Waals surface area (Å²) in [6.45, 7) is 5.19. The monoisotopic (exact) mass is 353 g/mol. The van der Waals surface area contributed by atoms with Crippen LogP contribution in [0.4, 0.5) is 0 Å². The van der Waals surface area contributed by atoms with Gasteiger partial charge in [0, 0.05) is 0 Å². The Hall–Kier alpha value is -2.99. The Morgan fingerprint density at radius 3 is 1.88 bits per heavy atom. The molecular weight excluding hydrogens is 334 g/mol. The lowest BCUT2D eigenvalue weighted by Crippen LogP contribution is -2.36. The second-order valence-electron chi connectivity index (χ2n) is 6.88. The van der Waals surface area contributed by atoms with Gasteiger partial charge in [0.15, 0.2) is 0 Å². The zero-order chi connectivity index (χ0) is 18.9. The first-order valence-electron chi connectivity index (χ1n) is 8.20. The molecule has 0 aromatic heterocycles. The Labute approximate surface area is 151 Å². The first kappa shape index (κ1) is 17.8. The molecule has 0 fully saturated rings. The van der Waals surface area contributed by atoms with Gasteiger partial charge in [-0.1, -0.05) is 42.5 Å². The second kappa shape index (κ2) is 6.72. The predicted molar refractivity (Wildman–Crippen MR) is 93.1 cm³/mol. The molecule has 0 spiro atoms. The topological polar surface area (TPSA) is 72.9 Å². The van der Waals surface area contributed by atoms with Gasteiger partial charge >= 0.3 is 5.97 Å². The highest BCUT2D eigenvalue weighted by molar-refractivity contribution is 6.20. The van der Waals surface area contributed by atoms with Gasteiger partial charge in [0.1, 0.15) is 5.60 Å². The third-order valence-corrected chi connectivity index (χ3v) is 3.69. The van der Waals surface area contributed by atoms with E-state index < -0.39 is 29.5 Å². The van der Waals surface area contributed by atoms with Crippen molar-refractivity contribution in [2.75, 3.05) is 0 Å². The van der Waals surface area contributed by atoms with Gasteiger partial charge in [0.05, 0.1) is 11.1 Å². The van der Waals surface area contributed by atoms with E-state index in [1.807, 2.05) is 0 Å². The summed E-state index contributed by atoms with van der Waals surface area (Å²) in [5.74, 6) is -1.88. The Bertz CT molecular complexity index is 819. The van der Waals surface area contributed by atoms with E-state index in [0.717, 1.165) is 0 Å². The zero-order valence-corrected chi connectivity index (χ0v) is 14.8. The Morgan fingerprint density at radius 2 is 1.38 bits per heavy atom. The quantitative estimate of drug-likeness (QED) is 0.623. The van der Waals surface area contributed by atoms with E-state index in [1.54, 1.807) is 75.4 Å². The van der Waals surface area contributed by atoms with Crippen molar-refractivity contribution in [3.63, 3.8) is 0 Å². The SMILES string of the molecule is CC(C)(C)OC(=O)C(ON1C(=O)c2ccccc2C1=O)c1ccccc1. The molecule has 1 unspecified atom stereocenters. The lowest BCUT2D eigenvalue weighted by atomic mass is 10.1. The van der Waals surface area contributed by atoms with Crippen LogP contribution in [-0.4, -0.2) is 28.4 Å². The number of nitrogens with zero attached hydrogens (tertiary/aromatic N) is 1. The van der Waals surface area contributed by atoms with Crippen molar-refractivity contribution in [1.82, 2.24) is 5.06 Å². The minimum Gasteiger partial charge on any atom is -0.458 e. The summed E-state index contributed by atoms with van der Waals surface area (Å²) in [7, 11) is 0. The van der Waals surface area contributed by atoms with Crippen molar-refractivity contribution in [1.29, 1.82) is 0 Å². The number of imide groups is 1. The number of ether oxygens (including phenoxy) is 1. The fourth-order valence-corrected chi connectivity index (χ4v) is 2.59. The van der Waals surface area contributed by atoms with Crippen LogP contribution in [0.25, 0.3) is 0 Å². The summed E-state index contributed by atoms with van der Waals surface area (Å²) in [5.41, 5.74) is 0.232. The summed E-state index contributed by atoms with van der Waals surface area (Å²) in [6.07, 6.45) is -1.24. The lowest BCUT2D eigenvalue weighted by Gasteiger charge is -2.26. The molecule has 1 atom stereocenters. The lowest BCUT2D eigenvalue weighted by molar-refractivity contribution is -0.190. The molecule has 2 aromatic rings. The first-order chi connectivity index (χ1) is 12.3. The van der Waals surface area contributed by atoms with Crippen LogP contribution in [0.2, 0.25) is 0 Å². The normalized spacial score (nSPS) is 15.0. The highest BCUT2D eigenvalue weighted by atomic mass is 16.7. The molecule has 0 N–H and O–H groups in total. The van der Waals surface area contributed by atoms with Crippen LogP contribution in [0.5, 0.6) is 0 Å². The molecule has 2 amide bonds. The van der Waals surface area contributed by atoms with Crippen molar-refractivity contribution in [3.05, 3.63) is 71.3 Å². The fraction of sp³-hybridized carbons (Fsp3) is 0.250. The Balaban J connectivity index is 1.91. The number of rotatable bonds is 4. The first-order valence-corrected chi connectivity index (χ1v) is 8.20. The highest BCUT2D eigenvalue weighted by Gasteiger charge is 2.40. The number of carbonyl (C=O) groups is 3. The number of esters is 1. The van der Waals surface area contributed by atoms with Crippen molar-refractivity contribution in [2.24, 2.45) is 0 Å². The molecular formula is C20H19NO5. The standard InChI is InChI=1S/C20H19NO5/c1-20(2,3)25-19(24)16(13-9-5-4-6-10-13)26-21-17(22)14-11-7-8-12-15(14)18(21)23/h4-12,16H,1-3H3. The molecule has 3 rings (SSSR count). The molecule has 1 aliphatic heterocycles. The molecule has 0 radical (unpaired) electrons. The van der Waals surface area contributed by atoms with Gasteiger partial charge in [-0.3, -0.25) is 9.59 Å². The fourth-order valence-electron chi connectivity index (χ4n) is 2.59. The van der Waals surface area contributed by atoms with E-state index in [0.29, 0.717) is 10.6 Å². The van der Waals surface area contributed by atoms with Crippen molar-refractivity contribution < 1.29 is 24.0 Å². The van der Waals surface area contributed by atoms with Crippen LogP contribution in [0.1, 0.15) is 53.2 Å². The number of carbonyl (C=O) groups excluding carboxylic acids is 3. The van der Waals surface area contributed by atoms with E-state index in [2.05, 4.69) is 0 Å². The molecule has 2 aromatic carbocycles. The summed E-state index contributed by atoms with van der Waals surface area (Å²) < 4.78 is 5.40. The number of fused-ring (bicyclic) bond motifs is 1. The van der Waals surface area contributed by atoms with Crippen LogP contribution in [0, 0.1) is 0 Å². The molecule has 1 aliphatic rings. The van der Waals surface area contributed by atoms with Crippen LogP contribution in [0.15, 0.2) is 54.6 Å². The average Bonchev–Trinajstić information content (AvgIpc) is 2.83. The van der Waals surface area contributed by atoms with Crippen molar-refractivity contribution in [3.8, 4) is 0 Å². The predicted octanol–water partition coefficient (Wildman–Crippen LogP) is 3.30. The Morgan fingerprint density at radius 1 is 0.885 bits per heavy atom. The van der Waals surface area contributed by atoms with E-state index in [1.165, 1.54) is 0 Å². The van der Waals surface area contributed by atoms with Gasteiger partial charge in [-0.15, -0.1) is 5.06 Å².